The highest BCUT2D eigenvalue weighted by molar-refractivity contribution is 14.0. The standard InChI is InChI=1S/C17H24N6O3.HI/c1-17(25,14-5-4-8-26-14)12-19-16(18-2)22-6-7-23(15(24)11-22)13-9-20-21(3)10-13;/h4-5,8-10,25H,6-7,11-12H2,1-3H3,(H,18,19);1H. The molecule has 2 N–H and O–H groups in total. The molecule has 3 heterocycles. The maximum atomic E-state index is 12.5. The fourth-order valence-corrected chi connectivity index (χ4v) is 2.93. The van der Waals surface area contributed by atoms with Crippen molar-refractivity contribution in [3.05, 3.63) is 36.5 Å². The number of aromatic nitrogens is 2. The molecular formula is C17H25IN6O3. The quantitative estimate of drug-likeness (QED) is 0.375. The number of anilines is 1. The molecule has 2 aromatic rings. The fourth-order valence-electron chi connectivity index (χ4n) is 2.93. The zero-order valence-electron chi connectivity index (χ0n) is 15.6. The number of nitrogens with one attached hydrogen (secondary N) is 1. The summed E-state index contributed by atoms with van der Waals surface area (Å²) < 4.78 is 6.95. The van der Waals surface area contributed by atoms with Crippen LogP contribution in [0.2, 0.25) is 0 Å². The Kier molecular flexibility index (Phi) is 6.87. The van der Waals surface area contributed by atoms with Gasteiger partial charge in [-0.3, -0.25) is 14.5 Å². The molecule has 1 saturated heterocycles. The molecule has 9 nitrogen and oxygen atoms in total. The molecule has 0 aliphatic carbocycles. The van der Waals surface area contributed by atoms with Gasteiger partial charge < -0.3 is 24.6 Å². The Morgan fingerprint density at radius 3 is 2.81 bits per heavy atom. The molecule has 3 rings (SSSR count). The number of nitrogens with zero attached hydrogens (tertiary/aromatic N) is 5. The van der Waals surface area contributed by atoms with Crippen LogP contribution in [0.15, 0.2) is 40.2 Å². The van der Waals surface area contributed by atoms with Crippen LogP contribution in [-0.2, 0) is 17.4 Å². The Morgan fingerprint density at radius 1 is 1.48 bits per heavy atom. The number of aliphatic imine (C=N–C) groups is 1. The van der Waals surface area contributed by atoms with Crippen molar-refractivity contribution in [1.29, 1.82) is 0 Å². The minimum Gasteiger partial charge on any atom is -0.466 e. The lowest BCUT2D eigenvalue weighted by molar-refractivity contribution is -0.120. The lowest BCUT2D eigenvalue weighted by Crippen LogP contribution is -2.56. The Hall–Kier alpha value is -2.08. The van der Waals surface area contributed by atoms with Gasteiger partial charge in [-0.05, 0) is 19.1 Å². The summed E-state index contributed by atoms with van der Waals surface area (Å²) in [5.74, 6) is 1.01. The zero-order chi connectivity index (χ0) is 18.7. The van der Waals surface area contributed by atoms with Crippen LogP contribution in [0.1, 0.15) is 12.7 Å². The van der Waals surface area contributed by atoms with E-state index < -0.39 is 5.60 Å². The van der Waals surface area contributed by atoms with Gasteiger partial charge >= 0.3 is 0 Å². The second-order valence-corrected chi connectivity index (χ2v) is 6.49. The molecule has 0 radical (unpaired) electrons. The van der Waals surface area contributed by atoms with Crippen LogP contribution < -0.4 is 10.2 Å². The van der Waals surface area contributed by atoms with Crippen LogP contribution in [0.25, 0.3) is 0 Å². The van der Waals surface area contributed by atoms with Crippen LogP contribution in [0.5, 0.6) is 0 Å². The molecule has 1 atom stereocenters. The number of piperazine rings is 1. The van der Waals surface area contributed by atoms with Crippen LogP contribution in [0.4, 0.5) is 5.69 Å². The second-order valence-electron chi connectivity index (χ2n) is 6.49. The smallest absolute Gasteiger partial charge is 0.246 e. The molecule has 1 aliphatic rings. The summed E-state index contributed by atoms with van der Waals surface area (Å²) in [6.45, 7) is 3.25. The first-order valence-electron chi connectivity index (χ1n) is 8.41. The van der Waals surface area contributed by atoms with E-state index in [4.69, 9.17) is 4.42 Å². The summed E-state index contributed by atoms with van der Waals surface area (Å²) in [6.07, 6.45) is 5.03. The summed E-state index contributed by atoms with van der Waals surface area (Å²) in [4.78, 5) is 20.3. The third kappa shape index (κ3) is 4.80. The van der Waals surface area contributed by atoms with E-state index in [0.717, 1.165) is 5.69 Å². The van der Waals surface area contributed by atoms with Crippen LogP contribution in [-0.4, -0.2) is 64.9 Å². The van der Waals surface area contributed by atoms with Gasteiger partial charge in [0.2, 0.25) is 5.91 Å². The molecule has 1 unspecified atom stereocenters. The SMILES string of the molecule is CN=C(NCC(C)(O)c1ccco1)N1CCN(c2cnn(C)c2)C(=O)C1.I. The van der Waals surface area contributed by atoms with Gasteiger partial charge in [0.25, 0.3) is 0 Å². The number of hydrogen-bond donors (Lipinski definition) is 2. The van der Waals surface area contributed by atoms with Crippen LogP contribution in [0.3, 0.4) is 0 Å². The Balaban J connectivity index is 0.00000261. The lowest BCUT2D eigenvalue weighted by atomic mass is 10.0. The van der Waals surface area contributed by atoms with E-state index >= 15 is 0 Å². The number of carbonyl (C=O) groups is 1. The summed E-state index contributed by atoms with van der Waals surface area (Å²) >= 11 is 0. The van der Waals surface area contributed by atoms with Gasteiger partial charge in [-0.15, -0.1) is 24.0 Å². The van der Waals surface area contributed by atoms with Gasteiger partial charge in [-0.25, -0.2) is 0 Å². The van der Waals surface area contributed by atoms with Crippen molar-refractivity contribution >= 4 is 41.5 Å². The van der Waals surface area contributed by atoms with Crippen molar-refractivity contribution in [2.24, 2.45) is 12.0 Å². The highest BCUT2D eigenvalue weighted by atomic mass is 127. The van der Waals surface area contributed by atoms with Crippen molar-refractivity contribution < 1.29 is 14.3 Å². The van der Waals surface area contributed by atoms with E-state index in [2.05, 4.69) is 15.4 Å². The lowest BCUT2D eigenvalue weighted by Gasteiger charge is -2.36. The monoisotopic (exact) mass is 488 g/mol. The minimum absolute atomic E-state index is 0. The molecular weight excluding hydrogens is 463 g/mol. The molecule has 2 aromatic heterocycles. The first-order chi connectivity index (χ1) is 12.4. The molecule has 27 heavy (non-hydrogen) atoms. The summed E-state index contributed by atoms with van der Waals surface area (Å²) in [5, 5.41) is 17.8. The normalized spacial score (nSPS) is 17.5. The first kappa shape index (κ1) is 21.2. The Bertz CT molecular complexity index is 786. The van der Waals surface area contributed by atoms with Gasteiger partial charge in [0, 0.05) is 33.4 Å². The fraction of sp³-hybridized carbons (Fsp3) is 0.471. The van der Waals surface area contributed by atoms with E-state index in [1.807, 2.05) is 18.1 Å². The topological polar surface area (TPSA) is 99.1 Å². The Labute approximate surface area is 175 Å². The zero-order valence-corrected chi connectivity index (χ0v) is 18.0. The number of amides is 1. The number of furan rings is 1. The highest BCUT2D eigenvalue weighted by Gasteiger charge is 2.30. The van der Waals surface area contributed by atoms with E-state index in [0.29, 0.717) is 24.8 Å². The number of hydrogen-bond acceptors (Lipinski definition) is 5. The molecule has 0 saturated carbocycles. The number of aryl methyl sites for hydroxylation is 1. The van der Waals surface area contributed by atoms with Crippen molar-refractivity contribution in [2.75, 3.05) is 38.1 Å². The highest BCUT2D eigenvalue weighted by Crippen LogP contribution is 2.20. The molecule has 1 fully saturated rings. The molecule has 0 aromatic carbocycles. The largest absolute Gasteiger partial charge is 0.466 e. The van der Waals surface area contributed by atoms with E-state index in [-0.39, 0.29) is 43.0 Å². The first-order valence-corrected chi connectivity index (χ1v) is 8.41. The van der Waals surface area contributed by atoms with Gasteiger partial charge in [0.1, 0.15) is 17.9 Å². The molecule has 0 bridgehead atoms. The van der Waals surface area contributed by atoms with Crippen molar-refractivity contribution in [2.45, 2.75) is 12.5 Å². The van der Waals surface area contributed by atoms with Crippen molar-refractivity contribution in [3.8, 4) is 0 Å². The summed E-state index contributed by atoms with van der Waals surface area (Å²) in [6, 6.07) is 3.45. The van der Waals surface area contributed by atoms with Crippen molar-refractivity contribution in [3.63, 3.8) is 0 Å². The number of aliphatic hydroxyl groups is 1. The van der Waals surface area contributed by atoms with Gasteiger partial charge in [0.15, 0.2) is 5.96 Å². The molecule has 10 heteroatoms. The maximum absolute atomic E-state index is 12.5. The summed E-state index contributed by atoms with van der Waals surface area (Å²) in [5.41, 5.74) is -0.387. The molecule has 1 aliphatic heterocycles. The third-order valence-corrected chi connectivity index (χ3v) is 4.38. The predicted molar refractivity (Wildman–Crippen MR) is 112 cm³/mol. The minimum atomic E-state index is -1.18. The average Bonchev–Trinajstić information content (AvgIpc) is 3.27. The van der Waals surface area contributed by atoms with Gasteiger partial charge in [-0.1, -0.05) is 0 Å². The van der Waals surface area contributed by atoms with E-state index in [1.165, 1.54) is 6.26 Å². The van der Waals surface area contributed by atoms with Gasteiger partial charge in [-0.2, -0.15) is 5.10 Å². The van der Waals surface area contributed by atoms with E-state index in [1.54, 1.807) is 41.9 Å². The van der Waals surface area contributed by atoms with Crippen molar-refractivity contribution in [1.82, 2.24) is 20.0 Å². The summed E-state index contributed by atoms with van der Waals surface area (Å²) in [7, 11) is 3.48. The Morgan fingerprint density at radius 2 is 2.26 bits per heavy atom. The number of guanidine groups is 1. The van der Waals surface area contributed by atoms with Crippen LogP contribution >= 0.6 is 24.0 Å². The number of halogens is 1. The number of rotatable bonds is 4. The third-order valence-electron chi connectivity index (χ3n) is 4.38. The molecule has 148 valence electrons. The average molecular weight is 488 g/mol. The predicted octanol–water partition coefficient (Wildman–Crippen LogP) is 0.763. The van der Waals surface area contributed by atoms with Crippen LogP contribution in [0, 0.1) is 0 Å². The molecule has 0 spiro atoms. The van der Waals surface area contributed by atoms with E-state index in [9.17, 15) is 9.90 Å². The van der Waals surface area contributed by atoms with Gasteiger partial charge in [0.05, 0.1) is 24.7 Å². The number of carbonyl (C=O) groups excluding carboxylic acids is 1. The second kappa shape index (κ2) is 8.74. The maximum Gasteiger partial charge on any atom is 0.246 e. The molecule has 1 amide bonds.